The minimum atomic E-state index is -0.239. The summed E-state index contributed by atoms with van der Waals surface area (Å²) in [5.74, 6) is 0.413. The first-order valence-electron chi connectivity index (χ1n) is 8.42. The number of amides is 1. The number of halogens is 1. The van der Waals surface area contributed by atoms with Crippen LogP contribution < -0.4 is 10.6 Å². The third-order valence-electron chi connectivity index (χ3n) is 3.72. The number of carbonyl (C=O) groups excluding carboxylic acids is 1. The lowest BCUT2D eigenvalue weighted by molar-refractivity contribution is -0.116. The van der Waals surface area contributed by atoms with Crippen LogP contribution in [0.25, 0.3) is 0 Å². The van der Waals surface area contributed by atoms with Crippen molar-refractivity contribution in [2.45, 2.75) is 45.6 Å². The Morgan fingerprint density at radius 2 is 1.96 bits per heavy atom. The number of hydrogen-bond acceptors (Lipinski definition) is 3. The van der Waals surface area contributed by atoms with Gasteiger partial charge in [-0.2, -0.15) is 0 Å². The zero-order valence-corrected chi connectivity index (χ0v) is 14.0. The first-order valence-corrected chi connectivity index (χ1v) is 8.42. The fraction of sp³-hybridized carbons (Fsp3) is 0.368. The predicted molar refractivity (Wildman–Crippen MR) is 95.4 cm³/mol. The lowest BCUT2D eigenvalue weighted by Crippen LogP contribution is -2.11. The lowest BCUT2D eigenvalue weighted by atomic mass is 10.1. The number of hydrogen-bond donors (Lipinski definition) is 2. The number of anilines is 2. The van der Waals surface area contributed by atoms with E-state index in [4.69, 9.17) is 0 Å². The van der Waals surface area contributed by atoms with Gasteiger partial charge in [0.2, 0.25) is 5.91 Å². The summed E-state index contributed by atoms with van der Waals surface area (Å²) >= 11 is 0. The van der Waals surface area contributed by atoms with Gasteiger partial charge >= 0.3 is 0 Å². The van der Waals surface area contributed by atoms with Gasteiger partial charge in [-0.1, -0.05) is 44.4 Å². The van der Waals surface area contributed by atoms with Gasteiger partial charge in [-0.15, -0.1) is 0 Å². The smallest absolute Gasteiger partial charge is 0.224 e. The van der Waals surface area contributed by atoms with Crippen LogP contribution in [0.2, 0.25) is 0 Å². The molecule has 2 rings (SSSR count). The Bertz CT molecular complexity index is 643. The minimum Gasteiger partial charge on any atom is -0.366 e. The highest BCUT2D eigenvalue weighted by atomic mass is 19.1. The monoisotopic (exact) mass is 329 g/mol. The SMILES string of the molecule is CCCCCCC(=O)Nc1ccc(NCc2ccccc2F)nc1. The molecule has 0 fully saturated rings. The number of aromatic nitrogens is 1. The van der Waals surface area contributed by atoms with Crippen LogP contribution in [0.1, 0.15) is 44.6 Å². The van der Waals surface area contributed by atoms with E-state index < -0.39 is 0 Å². The Morgan fingerprint density at radius 1 is 1.12 bits per heavy atom. The number of unbranched alkanes of at least 4 members (excludes halogenated alkanes) is 3. The lowest BCUT2D eigenvalue weighted by Gasteiger charge is -2.08. The van der Waals surface area contributed by atoms with Crippen LogP contribution in [-0.2, 0) is 11.3 Å². The molecular weight excluding hydrogens is 305 g/mol. The summed E-state index contributed by atoms with van der Waals surface area (Å²) in [5, 5.41) is 5.91. The van der Waals surface area contributed by atoms with Crippen LogP contribution in [0.5, 0.6) is 0 Å². The quantitative estimate of drug-likeness (QED) is 0.653. The van der Waals surface area contributed by atoms with Crippen molar-refractivity contribution in [3.63, 3.8) is 0 Å². The molecule has 1 aromatic heterocycles. The van der Waals surface area contributed by atoms with Gasteiger partial charge in [0.25, 0.3) is 0 Å². The molecule has 5 heteroatoms. The Balaban J connectivity index is 1.78. The Labute approximate surface area is 142 Å². The Kier molecular flexibility index (Phi) is 7.21. The van der Waals surface area contributed by atoms with Crippen LogP contribution in [0.4, 0.5) is 15.9 Å². The normalized spacial score (nSPS) is 10.4. The maximum atomic E-state index is 13.5. The molecule has 1 heterocycles. The van der Waals surface area contributed by atoms with Gasteiger partial charge < -0.3 is 10.6 Å². The van der Waals surface area contributed by atoms with Gasteiger partial charge in [0, 0.05) is 18.5 Å². The topological polar surface area (TPSA) is 54.0 Å². The second kappa shape index (κ2) is 9.65. The first kappa shape index (κ1) is 17.9. The maximum absolute atomic E-state index is 13.5. The molecule has 0 bridgehead atoms. The summed E-state index contributed by atoms with van der Waals surface area (Å²) in [5.41, 5.74) is 1.26. The van der Waals surface area contributed by atoms with Gasteiger partial charge in [-0.05, 0) is 24.6 Å². The molecule has 0 saturated heterocycles. The molecule has 0 atom stereocenters. The number of nitrogens with one attached hydrogen (secondary N) is 2. The molecule has 0 radical (unpaired) electrons. The summed E-state index contributed by atoms with van der Waals surface area (Å²) in [6, 6.07) is 10.2. The van der Waals surface area contributed by atoms with Gasteiger partial charge in [0.15, 0.2) is 0 Å². The number of carbonyl (C=O) groups is 1. The molecule has 4 nitrogen and oxygen atoms in total. The summed E-state index contributed by atoms with van der Waals surface area (Å²) in [4.78, 5) is 16.1. The van der Waals surface area contributed by atoms with Gasteiger partial charge in [-0.3, -0.25) is 4.79 Å². The average Bonchev–Trinajstić information content (AvgIpc) is 2.59. The van der Waals surface area contributed by atoms with Crippen molar-refractivity contribution in [1.29, 1.82) is 0 Å². The fourth-order valence-electron chi connectivity index (χ4n) is 2.34. The Morgan fingerprint density at radius 3 is 2.67 bits per heavy atom. The molecule has 1 aromatic carbocycles. The van der Waals surface area contributed by atoms with E-state index in [1.165, 1.54) is 6.07 Å². The molecule has 2 N–H and O–H groups in total. The van der Waals surface area contributed by atoms with Crippen molar-refractivity contribution in [1.82, 2.24) is 4.98 Å². The van der Waals surface area contributed by atoms with E-state index in [1.54, 1.807) is 36.5 Å². The minimum absolute atomic E-state index is 0.0139. The van der Waals surface area contributed by atoms with Crippen molar-refractivity contribution in [2.75, 3.05) is 10.6 Å². The molecular formula is C19H24FN3O. The largest absolute Gasteiger partial charge is 0.366 e. The van der Waals surface area contributed by atoms with Crippen LogP contribution in [0.3, 0.4) is 0 Å². The van der Waals surface area contributed by atoms with Gasteiger partial charge in [-0.25, -0.2) is 9.37 Å². The number of pyridine rings is 1. The standard InChI is InChI=1S/C19H24FN3O/c1-2-3-4-5-10-19(24)23-16-11-12-18(22-14-16)21-13-15-8-6-7-9-17(15)20/h6-9,11-12,14H,2-5,10,13H2,1H3,(H,21,22)(H,23,24). The van der Waals surface area contributed by atoms with E-state index in [2.05, 4.69) is 22.5 Å². The van der Waals surface area contributed by atoms with Crippen LogP contribution >= 0.6 is 0 Å². The van der Waals surface area contributed by atoms with E-state index >= 15 is 0 Å². The fourth-order valence-corrected chi connectivity index (χ4v) is 2.34. The maximum Gasteiger partial charge on any atom is 0.224 e. The third kappa shape index (κ3) is 5.99. The van der Waals surface area contributed by atoms with Crippen molar-refractivity contribution in [3.8, 4) is 0 Å². The van der Waals surface area contributed by atoms with Crippen molar-refractivity contribution in [2.24, 2.45) is 0 Å². The second-order valence-corrected chi connectivity index (χ2v) is 5.74. The highest BCUT2D eigenvalue weighted by Gasteiger charge is 2.04. The van der Waals surface area contributed by atoms with Crippen molar-refractivity contribution in [3.05, 3.63) is 54.0 Å². The average molecular weight is 329 g/mol. The van der Waals surface area contributed by atoms with Gasteiger partial charge in [0.1, 0.15) is 11.6 Å². The zero-order chi connectivity index (χ0) is 17.2. The number of nitrogens with zero attached hydrogens (tertiary/aromatic N) is 1. The van der Waals surface area contributed by atoms with Crippen molar-refractivity contribution >= 4 is 17.4 Å². The third-order valence-corrected chi connectivity index (χ3v) is 3.72. The summed E-state index contributed by atoms with van der Waals surface area (Å²) in [6.45, 7) is 2.51. The molecule has 0 aliphatic carbocycles. The van der Waals surface area contributed by atoms with E-state index in [0.29, 0.717) is 30.0 Å². The van der Waals surface area contributed by atoms with E-state index in [0.717, 1.165) is 25.7 Å². The highest BCUT2D eigenvalue weighted by Crippen LogP contribution is 2.13. The van der Waals surface area contributed by atoms with Crippen LogP contribution in [-0.4, -0.2) is 10.9 Å². The second-order valence-electron chi connectivity index (χ2n) is 5.74. The number of benzene rings is 1. The molecule has 0 spiro atoms. The van der Waals surface area contributed by atoms with E-state index in [9.17, 15) is 9.18 Å². The number of rotatable bonds is 9. The van der Waals surface area contributed by atoms with Crippen LogP contribution in [0.15, 0.2) is 42.6 Å². The predicted octanol–water partition coefficient (Wildman–Crippen LogP) is 4.74. The molecule has 0 aliphatic heterocycles. The Hall–Kier alpha value is -2.43. The van der Waals surface area contributed by atoms with Crippen LogP contribution in [0, 0.1) is 5.82 Å². The molecule has 24 heavy (non-hydrogen) atoms. The molecule has 128 valence electrons. The summed E-state index contributed by atoms with van der Waals surface area (Å²) < 4.78 is 13.5. The molecule has 0 aliphatic rings. The van der Waals surface area contributed by atoms with E-state index in [-0.39, 0.29) is 11.7 Å². The highest BCUT2D eigenvalue weighted by molar-refractivity contribution is 5.90. The van der Waals surface area contributed by atoms with E-state index in [1.807, 2.05) is 0 Å². The molecule has 2 aromatic rings. The molecule has 0 unspecified atom stereocenters. The van der Waals surface area contributed by atoms with Gasteiger partial charge in [0.05, 0.1) is 11.9 Å². The van der Waals surface area contributed by atoms with Crippen molar-refractivity contribution < 1.29 is 9.18 Å². The summed E-state index contributed by atoms with van der Waals surface area (Å²) in [6.07, 6.45) is 6.46. The molecule has 0 saturated carbocycles. The summed E-state index contributed by atoms with van der Waals surface area (Å²) in [7, 11) is 0. The first-order chi connectivity index (χ1) is 11.7. The zero-order valence-electron chi connectivity index (χ0n) is 14.0. The molecule has 1 amide bonds.